The van der Waals surface area contributed by atoms with Crippen LogP contribution in [0.3, 0.4) is 0 Å². The number of fused-ring (bicyclic) bond motifs is 1. The molecule has 0 bridgehead atoms. The van der Waals surface area contributed by atoms with Crippen LogP contribution in [-0.2, 0) is 16.1 Å². The summed E-state index contributed by atoms with van der Waals surface area (Å²) >= 11 is 0. The van der Waals surface area contributed by atoms with Crippen molar-refractivity contribution in [3.8, 4) is 11.5 Å². The molecule has 0 aliphatic carbocycles. The van der Waals surface area contributed by atoms with Crippen LogP contribution in [0.15, 0.2) is 48.5 Å². The van der Waals surface area contributed by atoms with Crippen LogP contribution in [0.1, 0.15) is 24.8 Å². The highest BCUT2D eigenvalue weighted by Gasteiger charge is 2.32. The number of halogens is 1. The van der Waals surface area contributed by atoms with E-state index in [9.17, 15) is 9.18 Å². The fraction of sp³-hybridized carbons (Fsp3) is 0.435. The highest BCUT2D eigenvalue weighted by Crippen LogP contribution is 2.31. The number of nitrogens with zero attached hydrogens (tertiary/aromatic N) is 1. The lowest BCUT2D eigenvalue weighted by Gasteiger charge is -2.35. The van der Waals surface area contributed by atoms with E-state index in [2.05, 4.69) is 0 Å². The van der Waals surface area contributed by atoms with Crippen molar-refractivity contribution in [1.82, 2.24) is 4.90 Å². The first-order chi connectivity index (χ1) is 14.2. The summed E-state index contributed by atoms with van der Waals surface area (Å²) in [4.78, 5) is 14.7. The minimum absolute atomic E-state index is 0.000285. The van der Waals surface area contributed by atoms with Gasteiger partial charge in [0.15, 0.2) is 11.5 Å². The van der Waals surface area contributed by atoms with E-state index in [4.69, 9.17) is 14.2 Å². The Hall–Kier alpha value is -2.60. The maximum Gasteiger partial charge on any atom is 0.267 e. The Labute approximate surface area is 170 Å². The minimum atomic E-state index is -0.573. The Morgan fingerprint density at radius 1 is 1.10 bits per heavy atom. The average molecular weight is 399 g/mol. The second-order valence-electron chi connectivity index (χ2n) is 7.60. The zero-order valence-corrected chi connectivity index (χ0v) is 16.4. The Bertz CT molecular complexity index is 835. The van der Waals surface area contributed by atoms with Gasteiger partial charge in [-0.15, -0.1) is 0 Å². The Morgan fingerprint density at radius 2 is 1.90 bits per heavy atom. The van der Waals surface area contributed by atoms with Gasteiger partial charge in [-0.25, -0.2) is 4.39 Å². The predicted molar refractivity (Wildman–Crippen MR) is 106 cm³/mol. The first kappa shape index (κ1) is 19.7. The minimum Gasteiger partial charge on any atom is -0.485 e. The van der Waals surface area contributed by atoms with E-state index in [1.54, 1.807) is 6.07 Å². The van der Waals surface area contributed by atoms with E-state index in [1.807, 2.05) is 35.2 Å². The largest absolute Gasteiger partial charge is 0.485 e. The van der Waals surface area contributed by atoms with Crippen molar-refractivity contribution in [3.05, 3.63) is 59.9 Å². The van der Waals surface area contributed by atoms with Gasteiger partial charge in [0.1, 0.15) is 12.4 Å². The molecule has 0 unspecified atom stereocenters. The summed E-state index contributed by atoms with van der Waals surface area (Å²) < 4.78 is 30.4. The molecule has 1 atom stereocenters. The van der Waals surface area contributed by atoms with Crippen molar-refractivity contribution in [3.63, 3.8) is 0 Å². The number of para-hydroxylation sites is 2. The number of likely N-dealkylation sites (tertiary alicyclic amines) is 1. The third-order valence-electron chi connectivity index (χ3n) is 5.54. The first-order valence-corrected chi connectivity index (χ1v) is 10.2. The van der Waals surface area contributed by atoms with E-state index in [0.29, 0.717) is 30.6 Å². The number of hydrogen-bond donors (Lipinski definition) is 0. The molecule has 4 rings (SSSR count). The quantitative estimate of drug-likeness (QED) is 0.693. The Kier molecular flexibility index (Phi) is 6.30. The van der Waals surface area contributed by atoms with Crippen LogP contribution in [0.5, 0.6) is 11.5 Å². The van der Waals surface area contributed by atoms with Crippen molar-refractivity contribution in [2.75, 3.05) is 26.3 Å². The van der Waals surface area contributed by atoms with Gasteiger partial charge in [0.05, 0.1) is 6.61 Å². The average Bonchev–Trinajstić information content (AvgIpc) is 2.76. The second-order valence-corrected chi connectivity index (χ2v) is 7.60. The van der Waals surface area contributed by atoms with Gasteiger partial charge < -0.3 is 19.1 Å². The van der Waals surface area contributed by atoms with Crippen molar-refractivity contribution in [2.24, 2.45) is 5.92 Å². The lowest BCUT2D eigenvalue weighted by atomic mass is 9.93. The predicted octanol–water partition coefficient (Wildman–Crippen LogP) is 3.81. The van der Waals surface area contributed by atoms with Gasteiger partial charge in [-0.2, -0.15) is 0 Å². The van der Waals surface area contributed by atoms with Crippen LogP contribution in [0.25, 0.3) is 0 Å². The van der Waals surface area contributed by atoms with Gasteiger partial charge in [0.25, 0.3) is 5.91 Å². The van der Waals surface area contributed by atoms with E-state index < -0.39 is 6.10 Å². The number of carbonyl (C=O) groups is 1. The molecule has 2 aliphatic heterocycles. The molecule has 1 amide bonds. The summed E-state index contributed by atoms with van der Waals surface area (Å²) in [7, 11) is 0. The van der Waals surface area contributed by atoms with E-state index in [0.717, 1.165) is 37.9 Å². The van der Waals surface area contributed by atoms with Gasteiger partial charge >= 0.3 is 0 Å². The molecule has 1 fully saturated rings. The number of piperidine rings is 1. The number of ether oxygens (including phenoxy) is 3. The van der Waals surface area contributed by atoms with E-state index >= 15 is 0 Å². The lowest BCUT2D eigenvalue weighted by molar-refractivity contribution is -0.142. The maximum absolute atomic E-state index is 13.2. The maximum atomic E-state index is 13.2. The molecule has 1 saturated heterocycles. The highest BCUT2D eigenvalue weighted by atomic mass is 19.1. The molecule has 2 aliphatic rings. The van der Waals surface area contributed by atoms with Gasteiger partial charge in [0, 0.05) is 19.7 Å². The zero-order valence-electron chi connectivity index (χ0n) is 16.4. The van der Waals surface area contributed by atoms with Crippen LogP contribution < -0.4 is 9.47 Å². The molecule has 0 N–H and O–H groups in total. The zero-order chi connectivity index (χ0) is 20.1. The number of benzene rings is 2. The summed E-state index contributed by atoms with van der Waals surface area (Å²) in [6, 6.07) is 13.9. The molecular weight excluding hydrogens is 373 g/mol. The number of carbonyl (C=O) groups excluding carboxylic acids is 1. The highest BCUT2D eigenvalue weighted by molar-refractivity contribution is 5.82. The number of amides is 1. The second kappa shape index (κ2) is 9.27. The van der Waals surface area contributed by atoms with Gasteiger partial charge in [-0.05, 0) is 55.0 Å². The summed E-state index contributed by atoms with van der Waals surface area (Å²) in [6.07, 6.45) is 2.29. The van der Waals surface area contributed by atoms with Crippen molar-refractivity contribution in [2.45, 2.75) is 32.0 Å². The summed E-state index contributed by atoms with van der Waals surface area (Å²) in [6.45, 7) is 2.79. The topological polar surface area (TPSA) is 48.0 Å². The van der Waals surface area contributed by atoms with Crippen molar-refractivity contribution in [1.29, 1.82) is 0 Å². The monoisotopic (exact) mass is 399 g/mol. The van der Waals surface area contributed by atoms with Crippen molar-refractivity contribution < 1.29 is 23.4 Å². The third kappa shape index (κ3) is 5.07. The number of hydrogen-bond acceptors (Lipinski definition) is 4. The molecule has 0 aromatic heterocycles. The van der Waals surface area contributed by atoms with Gasteiger partial charge in [-0.1, -0.05) is 24.3 Å². The molecule has 0 radical (unpaired) electrons. The standard InChI is InChI=1S/C23H26FNO4/c24-19-5-3-4-18(14-19)15-27-13-10-17-8-11-25(12-9-17)23(26)22-16-28-20-6-1-2-7-21(20)29-22/h1-7,14,17,22H,8-13,15-16H2/t22-/m1/s1. The van der Waals surface area contributed by atoms with Crippen LogP contribution >= 0.6 is 0 Å². The molecule has 6 heteroatoms. The molecule has 0 spiro atoms. The Balaban J connectivity index is 1.17. The molecule has 154 valence electrons. The fourth-order valence-electron chi connectivity index (χ4n) is 3.85. The lowest BCUT2D eigenvalue weighted by Crippen LogP contribution is -2.49. The van der Waals surface area contributed by atoms with Gasteiger partial charge in [-0.3, -0.25) is 4.79 Å². The molecule has 5 nitrogen and oxygen atoms in total. The molecule has 29 heavy (non-hydrogen) atoms. The molecule has 2 aromatic carbocycles. The molecular formula is C23H26FNO4. The first-order valence-electron chi connectivity index (χ1n) is 10.2. The van der Waals surface area contributed by atoms with Crippen LogP contribution in [0, 0.1) is 11.7 Å². The van der Waals surface area contributed by atoms with E-state index in [-0.39, 0.29) is 18.3 Å². The molecule has 2 heterocycles. The molecule has 0 saturated carbocycles. The number of rotatable bonds is 6. The smallest absolute Gasteiger partial charge is 0.267 e. The van der Waals surface area contributed by atoms with Gasteiger partial charge in [0.2, 0.25) is 6.10 Å². The summed E-state index contributed by atoms with van der Waals surface area (Å²) in [5.41, 5.74) is 0.849. The normalized spacial score (nSPS) is 19.2. The SMILES string of the molecule is O=C([C@H]1COc2ccccc2O1)N1CCC(CCOCc2cccc(F)c2)CC1. The van der Waals surface area contributed by atoms with Crippen molar-refractivity contribution >= 4 is 5.91 Å². The molecule has 2 aromatic rings. The Morgan fingerprint density at radius 3 is 2.69 bits per heavy atom. The fourth-order valence-corrected chi connectivity index (χ4v) is 3.85. The third-order valence-corrected chi connectivity index (χ3v) is 5.54. The van der Waals surface area contributed by atoms with Crippen LogP contribution in [0.2, 0.25) is 0 Å². The summed E-state index contributed by atoms with van der Waals surface area (Å²) in [5, 5.41) is 0. The summed E-state index contributed by atoms with van der Waals surface area (Å²) in [5.74, 6) is 1.62. The van der Waals surface area contributed by atoms with Crippen LogP contribution in [-0.4, -0.2) is 43.2 Å². The van der Waals surface area contributed by atoms with E-state index in [1.165, 1.54) is 12.1 Å². The van der Waals surface area contributed by atoms with Crippen LogP contribution in [0.4, 0.5) is 4.39 Å².